The number of amides is 4. The largest absolute Gasteiger partial charge is 0.350 e. The molecule has 7 nitrogen and oxygen atoms in total. The molecule has 4 N–H and O–H groups in total. The van der Waals surface area contributed by atoms with Crippen molar-refractivity contribution in [3.63, 3.8) is 0 Å². The Bertz CT molecular complexity index is 528. The molecule has 2 atom stereocenters. The van der Waals surface area contributed by atoms with Gasteiger partial charge in [0.05, 0.1) is 0 Å². The van der Waals surface area contributed by atoms with E-state index in [1.165, 1.54) is 19.3 Å². The highest BCUT2D eigenvalue weighted by Gasteiger charge is 2.56. The number of imide groups is 1. The molecule has 3 fully saturated rings. The Morgan fingerprint density at radius 1 is 1.29 bits per heavy atom. The third-order valence-electron chi connectivity index (χ3n) is 5.82. The van der Waals surface area contributed by atoms with Crippen molar-refractivity contribution in [1.29, 1.82) is 0 Å². The molecule has 3 aliphatic rings. The van der Waals surface area contributed by atoms with Gasteiger partial charge in [-0.1, -0.05) is 19.3 Å². The van der Waals surface area contributed by atoms with Crippen LogP contribution in [0, 0.1) is 11.8 Å². The summed E-state index contributed by atoms with van der Waals surface area (Å²) in [7, 11) is 0. The van der Waals surface area contributed by atoms with Gasteiger partial charge < -0.3 is 16.4 Å². The first-order valence-corrected chi connectivity index (χ1v) is 9.09. The summed E-state index contributed by atoms with van der Waals surface area (Å²) in [5.41, 5.74) is 4.99. The smallest absolute Gasteiger partial charge is 0.325 e. The van der Waals surface area contributed by atoms with Crippen molar-refractivity contribution >= 4 is 17.8 Å². The molecule has 3 rings (SSSR count). The highest BCUT2D eigenvalue weighted by Crippen LogP contribution is 2.42. The second-order valence-electron chi connectivity index (χ2n) is 7.61. The van der Waals surface area contributed by atoms with Crippen molar-refractivity contribution in [3.05, 3.63) is 0 Å². The van der Waals surface area contributed by atoms with E-state index in [9.17, 15) is 14.4 Å². The number of rotatable bonds is 6. The number of hydrogen-bond acceptors (Lipinski definition) is 4. The molecule has 0 aromatic carbocycles. The van der Waals surface area contributed by atoms with Gasteiger partial charge in [0.2, 0.25) is 5.91 Å². The molecule has 24 heavy (non-hydrogen) atoms. The van der Waals surface area contributed by atoms with Crippen molar-refractivity contribution in [2.45, 2.75) is 63.5 Å². The number of nitrogens with zero attached hydrogens (tertiary/aromatic N) is 1. The molecule has 2 saturated carbocycles. The fourth-order valence-corrected chi connectivity index (χ4v) is 4.10. The molecule has 2 unspecified atom stereocenters. The zero-order valence-corrected chi connectivity index (χ0v) is 14.3. The lowest BCUT2D eigenvalue weighted by Gasteiger charge is -2.30. The van der Waals surface area contributed by atoms with E-state index in [4.69, 9.17) is 5.73 Å². The Kier molecular flexibility index (Phi) is 4.80. The second-order valence-corrected chi connectivity index (χ2v) is 7.61. The molecular formula is C17H28N4O3. The summed E-state index contributed by atoms with van der Waals surface area (Å²) in [5.74, 6) is 0.000242. The van der Waals surface area contributed by atoms with Crippen LogP contribution < -0.4 is 16.4 Å². The molecule has 0 aromatic rings. The van der Waals surface area contributed by atoms with Gasteiger partial charge in [-0.2, -0.15) is 0 Å². The van der Waals surface area contributed by atoms with E-state index < -0.39 is 11.6 Å². The highest BCUT2D eigenvalue weighted by molar-refractivity contribution is 6.09. The normalized spacial score (nSPS) is 29.5. The Morgan fingerprint density at radius 2 is 1.96 bits per heavy atom. The maximum absolute atomic E-state index is 12.5. The molecule has 0 bridgehead atoms. The van der Waals surface area contributed by atoms with Gasteiger partial charge in [0.1, 0.15) is 12.1 Å². The molecule has 134 valence electrons. The number of hydrogen-bond donors (Lipinski definition) is 3. The molecule has 1 heterocycles. The Balaban J connectivity index is 1.57. The molecule has 0 spiro atoms. The summed E-state index contributed by atoms with van der Waals surface area (Å²) in [6.07, 6.45) is 7.62. The summed E-state index contributed by atoms with van der Waals surface area (Å²) in [4.78, 5) is 38.1. The van der Waals surface area contributed by atoms with Crippen molar-refractivity contribution in [2.75, 3.05) is 13.1 Å². The van der Waals surface area contributed by atoms with Gasteiger partial charge in [-0.15, -0.1) is 0 Å². The van der Waals surface area contributed by atoms with Crippen molar-refractivity contribution in [1.82, 2.24) is 15.5 Å². The number of nitrogens with two attached hydrogens (primary N) is 1. The topological polar surface area (TPSA) is 105 Å². The van der Waals surface area contributed by atoms with Crippen LogP contribution in [0.2, 0.25) is 0 Å². The van der Waals surface area contributed by atoms with Crippen LogP contribution in [0.5, 0.6) is 0 Å². The summed E-state index contributed by atoms with van der Waals surface area (Å²) in [6, 6.07) is -0.542. The SMILES string of the molecule is CC1(C2CC2)NC(=O)N(CC(=O)NC(CN)C2CCCCC2)C1=O. The van der Waals surface area contributed by atoms with Crippen LogP contribution in [-0.2, 0) is 9.59 Å². The third-order valence-corrected chi connectivity index (χ3v) is 5.82. The van der Waals surface area contributed by atoms with Gasteiger partial charge >= 0.3 is 6.03 Å². The van der Waals surface area contributed by atoms with Gasteiger partial charge in [0, 0.05) is 12.6 Å². The maximum Gasteiger partial charge on any atom is 0.325 e. The first-order chi connectivity index (χ1) is 11.5. The lowest BCUT2D eigenvalue weighted by molar-refractivity contribution is -0.135. The molecule has 1 saturated heterocycles. The van der Waals surface area contributed by atoms with Crippen LogP contribution in [0.25, 0.3) is 0 Å². The van der Waals surface area contributed by atoms with Crippen molar-refractivity contribution in [3.8, 4) is 0 Å². The zero-order chi connectivity index (χ0) is 17.3. The Labute approximate surface area is 142 Å². The third kappa shape index (κ3) is 3.27. The second kappa shape index (κ2) is 6.70. The van der Waals surface area contributed by atoms with Crippen LogP contribution in [0.15, 0.2) is 0 Å². The number of carbonyl (C=O) groups is 3. The molecule has 2 aliphatic carbocycles. The first kappa shape index (κ1) is 17.2. The Hall–Kier alpha value is -1.63. The van der Waals surface area contributed by atoms with E-state index in [0.29, 0.717) is 12.5 Å². The minimum absolute atomic E-state index is 0.0756. The van der Waals surface area contributed by atoms with Gasteiger partial charge in [0.15, 0.2) is 0 Å². The van der Waals surface area contributed by atoms with Gasteiger partial charge in [0.25, 0.3) is 5.91 Å². The molecule has 4 amide bonds. The van der Waals surface area contributed by atoms with Crippen LogP contribution in [0.3, 0.4) is 0 Å². The van der Waals surface area contributed by atoms with Gasteiger partial charge in [-0.25, -0.2) is 4.79 Å². The molecule has 1 aliphatic heterocycles. The van der Waals surface area contributed by atoms with Crippen LogP contribution >= 0.6 is 0 Å². The predicted molar refractivity (Wildman–Crippen MR) is 88.9 cm³/mol. The molecular weight excluding hydrogens is 308 g/mol. The van der Waals surface area contributed by atoms with E-state index in [1.54, 1.807) is 6.92 Å². The van der Waals surface area contributed by atoms with E-state index in [-0.39, 0.29) is 30.3 Å². The van der Waals surface area contributed by atoms with Crippen LogP contribution in [0.4, 0.5) is 4.79 Å². The lowest BCUT2D eigenvalue weighted by Crippen LogP contribution is -2.50. The fraction of sp³-hybridized carbons (Fsp3) is 0.824. The highest BCUT2D eigenvalue weighted by atomic mass is 16.2. The summed E-state index contributed by atoms with van der Waals surface area (Å²) >= 11 is 0. The van der Waals surface area contributed by atoms with Crippen LogP contribution in [-0.4, -0.2) is 47.4 Å². The number of carbonyl (C=O) groups excluding carboxylic acids is 3. The molecule has 0 aromatic heterocycles. The molecule has 7 heteroatoms. The lowest BCUT2D eigenvalue weighted by atomic mass is 9.84. The zero-order valence-electron chi connectivity index (χ0n) is 14.3. The fourth-order valence-electron chi connectivity index (χ4n) is 4.10. The van der Waals surface area contributed by atoms with Gasteiger partial charge in [-0.3, -0.25) is 14.5 Å². The summed E-state index contributed by atoms with van der Waals surface area (Å²) in [6.45, 7) is 1.92. The molecule has 0 radical (unpaired) electrons. The van der Waals surface area contributed by atoms with E-state index in [2.05, 4.69) is 10.6 Å². The Morgan fingerprint density at radius 3 is 2.54 bits per heavy atom. The van der Waals surface area contributed by atoms with E-state index in [0.717, 1.165) is 30.6 Å². The standard InChI is InChI=1S/C17H28N4O3/c1-17(12-7-8-12)15(23)21(16(24)20-17)10-14(22)19-13(9-18)11-5-3-2-4-6-11/h11-13H,2-10,18H2,1H3,(H,19,22)(H,20,24). The monoisotopic (exact) mass is 336 g/mol. The van der Waals surface area contributed by atoms with E-state index in [1.807, 2.05) is 0 Å². The maximum atomic E-state index is 12.5. The minimum atomic E-state index is -0.839. The minimum Gasteiger partial charge on any atom is -0.350 e. The number of urea groups is 1. The van der Waals surface area contributed by atoms with Gasteiger partial charge in [-0.05, 0) is 44.4 Å². The summed E-state index contributed by atoms with van der Waals surface area (Å²) in [5, 5.41) is 5.70. The average molecular weight is 336 g/mol. The quantitative estimate of drug-likeness (QED) is 0.622. The predicted octanol–water partition coefficient (Wildman–Crippen LogP) is 0.731. The first-order valence-electron chi connectivity index (χ1n) is 9.09. The van der Waals surface area contributed by atoms with E-state index >= 15 is 0 Å². The van der Waals surface area contributed by atoms with Crippen molar-refractivity contribution < 1.29 is 14.4 Å². The van der Waals surface area contributed by atoms with Crippen molar-refractivity contribution in [2.24, 2.45) is 17.6 Å². The average Bonchev–Trinajstić information content (AvgIpc) is 3.40. The number of nitrogens with one attached hydrogen (secondary N) is 2. The summed E-state index contributed by atoms with van der Waals surface area (Å²) < 4.78 is 0. The van der Waals surface area contributed by atoms with Crippen LogP contribution in [0.1, 0.15) is 51.9 Å².